The summed E-state index contributed by atoms with van der Waals surface area (Å²) in [6.07, 6.45) is 24.2. The van der Waals surface area contributed by atoms with E-state index in [2.05, 4.69) is 26.0 Å². The molecule has 0 aliphatic heterocycles. The summed E-state index contributed by atoms with van der Waals surface area (Å²) in [5.74, 6) is -1.94. The SMILES string of the molecule is CCCCCC1CCC(C=CCOc2ccc(C(=O)O[C@@H](C(=O)O)[C@@H](OC(=O)c3ccc(OCC=CC4CCC(CCCCC)CC4)cc3)C(=O)O)cc2)CC1. The molecule has 2 fully saturated rings. The van der Waals surface area contributed by atoms with E-state index in [1.807, 2.05) is 12.2 Å². The van der Waals surface area contributed by atoms with E-state index >= 15 is 0 Å². The number of carboxylic acid groups (broad SMARTS) is 2. The highest BCUT2D eigenvalue weighted by Crippen LogP contribution is 2.34. The summed E-state index contributed by atoms with van der Waals surface area (Å²) in [7, 11) is 0. The number of unbranched alkanes of at least 4 members (excludes halogenated alkanes) is 4. The number of rotatable bonds is 23. The van der Waals surface area contributed by atoms with Crippen molar-refractivity contribution < 1.29 is 48.3 Å². The van der Waals surface area contributed by atoms with Gasteiger partial charge in [-0.15, -0.1) is 0 Å². The Labute approximate surface area is 332 Å². The van der Waals surface area contributed by atoms with Gasteiger partial charge in [-0.05, 0) is 124 Å². The second-order valence-electron chi connectivity index (χ2n) is 15.4. The van der Waals surface area contributed by atoms with Gasteiger partial charge in [0.15, 0.2) is 0 Å². The average Bonchev–Trinajstić information content (AvgIpc) is 3.21. The first-order valence-electron chi connectivity index (χ1n) is 20.8. The Balaban J connectivity index is 1.20. The Hall–Kier alpha value is -4.60. The lowest BCUT2D eigenvalue weighted by atomic mass is 9.79. The largest absolute Gasteiger partial charge is 0.490 e. The van der Waals surface area contributed by atoms with Gasteiger partial charge in [0.2, 0.25) is 12.2 Å². The Morgan fingerprint density at radius 2 is 0.929 bits per heavy atom. The zero-order valence-electron chi connectivity index (χ0n) is 33.3. The van der Waals surface area contributed by atoms with Crippen molar-refractivity contribution in [2.24, 2.45) is 23.7 Å². The van der Waals surface area contributed by atoms with Crippen LogP contribution in [0.4, 0.5) is 0 Å². The minimum Gasteiger partial charge on any atom is -0.490 e. The molecule has 0 aromatic heterocycles. The number of aliphatic carboxylic acids is 2. The van der Waals surface area contributed by atoms with Crippen LogP contribution in [0, 0.1) is 23.7 Å². The lowest BCUT2D eigenvalue weighted by Crippen LogP contribution is -2.45. The van der Waals surface area contributed by atoms with Crippen molar-refractivity contribution in [3.05, 3.63) is 84.0 Å². The lowest BCUT2D eigenvalue weighted by molar-refractivity contribution is -0.166. The van der Waals surface area contributed by atoms with E-state index in [0.29, 0.717) is 36.5 Å². The third-order valence-corrected chi connectivity index (χ3v) is 11.1. The van der Waals surface area contributed by atoms with Gasteiger partial charge in [0.1, 0.15) is 24.7 Å². The molecule has 306 valence electrons. The van der Waals surface area contributed by atoms with E-state index in [9.17, 15) is 29.4 Å². The number of hydrogen-bond acceptors (Lipinski definition) is 8. The van der Waals surface area contributed by atoms with Crippen LogP contribution in [0.2, 0.25) is 0 Å². The number of carboxylic acids is 2. The van der Waals surface area contributed by atoms with E-state index < -0.39 is 36.1 Å². The van der Waals surface area contributed by atoms with Crippen LogP contribution in [0.25, 0.3) is 0 Å². The molecule has 56 heavy (non-hydrogen) atoms. The fourth-order valence-electron chi connectivity index (χ4n) is 7.71. The van der Waals surface area contributed by atoms with Crippen molar-refractivity contribution in [2.45, 2.75) is 129 Å². The van der Waals surface area contributed by atoms with Crippen molar-refractivity contribution in [1.29, 1.82) is 0 Å². The molecule has 10 nitrogen and oxygen atoms in total. The molecule has 2 aliphatic carbocycles. The summed E-state index contributed by atoms with van der Waals surface area (Å²) < 4.78 is 21.7. The number of esters is 2. The summed E-state index contributed by atoms with van der Waals surface area (Å²) in [5.41, 5.74) is -0.0538. The summed E-state index contributed by atoms with van der Waals surface area (Å²) in [4.78, 5) is 49.9. The monoisotopic (exact) mass is 774 g/mol. The molecule has 2 aromatic carbocycles. The molecule has 0 saturated heterocycles. The van der Waals surface area contributed by atoms with Crippen LogP contribution in [-0.2, 0) is 19.1 Å². The third kappa shape index (κ3) is 15.1. The molecule has 0 unspecified atom stereocenters. The van der Waals surface area contributed by atoms with Crippen LogP contribution >= 0.6 is 0 Å². The summed E-state index contributed by atoms with van der Waals surface area (Å²) in [6, 6.07) is 11.7. The fourth-order valence-corrected chi connectivity index (χ4v) is 7.71. The Bertz CT molecular complexity index is 1430. The van der Waals surface area contributed by atoms with Crippen LogP contribution < -0.4 is 9.47 Å². The first-order chi connectivity index (χ1) is 27.2. The molecule has 4 rings (SSSR count). The maximum Gasteiger partial charge on any atom is 0.349 e. The van der Waals surface area contributed by atoms with Crippen molar-refractivity contribution in [3.8, 4) is 11.5 Å². The maximum absolute atomic E-state index is 12.9. The Morgan fingerprint density at radius 1 is 0.571 bits per heavy atom. The van der Waals surface area contributed by atoms with Crippen LogP contribution in [0.3, 0.4) is 0 Å². The lowest BCUT2D eigenvalue weighted by Gasteiger charge is -2.26. The first kappa shape index (κ1) is 44.1. The van der Waals surface area contributed by atoms with E-state index in [0.717, 1.165) is 11.8 Å². The van der Waals surface area contributed by atoms with E-state index in [4.69, 9.17) is 18.9 Å². The molecular formula is C46H62O10. The normalized spacial score (nSPS) is 21.0. The number of allylic oxidation sites excluding steroid dienone is 2. The van der Waals surface area contributed by atoms with Crippen molar-refractivity contribution in [1.82, 2.24) is 0 Å². The van der Waals surface area contributed by atoms with Crippen LogP contribution in [-0.4, -0.2) is 59.5 Å². The zero-order valence-corrected chi connectivity index (χ0v) is 33.3. The fraction of sp³-hybridized carbons (Fsp3) is 0.565. The standard InChI is InChI=1S/C46H62O10/c1-3-5-7-11-33-15-19-35(20-16-33)13-9-31-53-39-27-23-37(24-28-39)45(51)55-41(43(47)48)42(44(49)50)56-46(52)38-25-29-40(30-26-38)54-32-10-14-36-21-17-34(18-22-36)12-8-6-4-2/h9-10,13-14,23-30,33-36,41-42H,3-8,11-12,15-22,31-32H2,1-2H3,(H,47,48)(H,49,50)/t33?,34?,35?,36?,41-,42-/m1/s1. The molecule has 2 aromatic rings. The zero-order chi connectivity index (χ0) is 40.1. The number of carbonyl (C=O) groups is 4. The molecule has 0 spiro atoms. The highest BCUT2D eigenvalue weighted by molar-refractivity contribution is 5.95. The van der Waals surface area contributed by atoms with Crippen molar-refractivity contribution in [3.63, 3.8) is 0 Å². The summed E-state index contributed by atoms with van der Waals surface area (Å²) >= 11 is 0. The molecule has 10 heteroatoms. The number of carbonyl (C=O) groups excluding carboxylic acids is 2. The summed E-state index contributed by atoms with van der Waals surface area (Å²) in [5, 5.41) is 19.6. The molecule has 2 aliphatic rings. The van der Waals surface area contributed by atoms with Gasteiger partial charge in [-0.25, -0.2) is 19.2 Å². The third-order valence-electron chi connectivity index (χ3n) is 11.1. The number of hydrogen-bond donors (Lipinski definition) is 2. The van der Waals surface area contributed by atoms with Crippen molar-refractivity contribution >= 4 is 23.9 Å². The molecule has 2 N–H and O–H groups in total. The highest BCUT2D eigenvalue weighted by Gasteiger charge is 2.41. The molecule has 0 heterocycles. The number of benzene rings is 2. The van der Waals surface area contributed by atoms with Gasteiger partial charge in [-0.1, -0.05) is 89.5 Å². The van der Waals surface area contributed by atoms with Gasteiger partial charge in [0.25, 0.3) is 0 Å². The smallest absolute Gasteiger partial charge is 0.349 e. The van der Waals surface area contributed by atoms with Gasteiger partial charge >= 0.3 is 23.9 Å². The van der Waals surface area contributed by atoms with E-state index in [1.165, 1.54) is 127 Å². The predicted octanol–water partition coefficient (Wildman–Crippen LogP) is 10.3. The minimum atomic E-state index is -2.30. The first-order valence-corrected chi connectivity index (χ1v) is 20.8. The molecule has 2 atom stereocenters. The van der Waals surface area contributed by atoms with E-state index in [-0.39, 0.29) is 11.1 Å². The average molecular weight is 775 g/mol. The summed E-state index contributed by atoms with van der Waals surface area (Å²) in [6.45, 7) is 5.20. The van der Waals surface area contributed by atoms with Crippen LogP contribution in [0.1, 0.15) is 137 Å². The predicted molar refractivity (Wildman–Crippen MR) is 215 cm³/mol. The van der Waals surface area contributed by atoms with Gasteiger partial charge in [-0.3, -0.25) is 0 Å². The molecule has 0 radical (unpaired) electrons. The maximum atomic E-state index is 12.9. The molecule has 0 amide bonds. The molecular weight excluding hydrogens is 712 g/mol. The van der Waals surface area contributed by atoms with Gasteiger partial charge in [0.05, 0.1) is 11.1 Å². The minimum absolute atomic E-state index is 0.0269. The second-order valence-corrected chi connectivity index (χ2v) is 15.4. The van der Waals surface area contributed by atoms with E-state index in [1.54, 1.807) is 24.3 Å². The Kier molecular flexibility index (Phi) is 19.0. The van der Waals surface area contributed by atoms with Crippen LogP contribution in [0.5, 0.6) is 11.5 Å². The van der Waals surface area contributed by atoms with Gasteiger partial charge < -0.3 is 29.2 Å². The quantitative estimate of drug-likeness (QED) is 0.0635. The van der Waals surface area contributed by atoms with Crippen LogP contribution in [0.15, 0.2) is 72.8 Å². The Morgan fingerprint density at radius 3 is 1.25 bits per heavy atom. The van der Waals surface area contributed by atoms with Crippen molar-refractivity contribution in [2.75, 3.05) is 13.2 Å². The molecule has 2 saturated carbocycles. The van der Waals surface area contributed by atoms with Gasteiger partial charge in [-0.2, -0.15) is 0 Å². The molecule has 0 bridgehead atoms. The second kappa shape index (κ2) is 24.1. The highest BCUT2D eigenvalue weighted by atomic mass is 16.6. The number of ether oxygens (including phenoxy) is 4. The topological polar surface area (TPSA) is 146 Å². The van der Waals surface area contributed by atoms with Gasteiger partial charge in [0, 0.05) is 0 Å².